The molecule has 6 nitrogen and oxygen atoms in total. The fourth-order valence-electron chi connectivity index (χ4n) is 2.97. The minimum Gasteiger partial charge on any atom is -0.445 e. The van der Waals surface area contributed by atoms with Gasteiger partial charge in [-0.05, 0) is 38.8 Å². The summed E-state index contributed by atoms with van der Waals surface area (Å²) in [6, 6.07) is 0. The number of imidazole rings is 1. The van der Waals surface area contributed by atoms with Crippen molar-refractivity contribution in [2.45, 2.75) is 32.4 Å². The van der Waals surface area contributed by atoms with E-state index >= 15 is 0 Å². The first kappa shape index (κ1) is 14.3. The molecule has 3 rings (SSSR count). The highest BCUT2D eigenvalue weighted by Crippen LogP contribution is 2.30. The standard InChI is InChI=1S/C15H22N4O2/c1-11-9-17-13(21-11)10-19-6-3-12(4-7-19)14(20)15-16-5-8-18(15)2/h5,8-9,12,14,20H,3-4,6-7,10H2,1-2H3. The maximum absolute atomic E-state index is 10.5. The zero-order valence-electron chi connectivity index (χ0n) is 12.6. The molecule has 1 unspecified atom stereocenters. The SMILES string of the molecule is Cc1cnc(CN2CCC(C(O)c3nccn3C)CC2)o1. The average Bonchev–Trinajstić information content (AvgIpc) is 3.08. The van der Waals surface area contributed by atoms with Gasteiger partial charge in [-0.15, -0.1) is 0 Å². The first-order valence-electron chi connectivity index (χ1n) is 7.42. The van der Waals surface area contributed by atoms with Crippen molar-refractivity contribution in [1.29, 1.82) is 0 Å². The van der Waals surface area contributed by atoms with Crippen molar-refractivity contribution in [2.24, 2.45) is 13.0 Å². The van der Waals surface area contributed by atoms with Crippen molar-refractivity contribution in [3.63, 3.8) is 0 Å². The summed E-state index contributed by atoms with van der Waals surface area (Å²) in [5, 5.41) is 10.5. The molecule has 1 fully saturated rings. The molecule has 0 aliphatic carbocycles. The molecule has 1 aliphatic rings. The smallest absolute Gasteiger partial charge is 0.208 e. The van der Waals surface area contributed by atoms with Crippen LogP contribution in [-0.4, -0.2) is 37.6 Å². The van der Waals surface area contributed by atoms with Crippen molar-refractivity contribution in [2.75, 3.05) is 13.1 Å². The molecule has 0 saturated carbocycles. The molecule has 3 heterocycles. The van der Waals surface area contributed by atoms with Crippen LogP contribution in [-0.2, 0) is 13.6 Å². The zero-order chi connectivity index (χ0) is 14.8. The van der Waals surface area contributed by atoms with Crippen LogP contribution in [0.1, 0.15) is 36.4 Å². The van der Waals surface area contributed by atoms with Gasteiger partial charge in [0, 0.05) is 19.4 Å². The molecule has 0 spiro atoms. The Labute approximate surface area is 124 Å². The highest BCUT2D eigenvalue weighted by atomic mass is 16.4. The molecule has 0 radical (unpaired) electrons. The summed E-state index contributed by atoms with van der Waals surface area (Å²) in [7, 11) is 1.92. The fraction of sp³-hybridized carbons (Fsp3) is 0.600. The summed E-state index contributed by atoms with van der Waals surface area (Å²) < 4.78 is 7.42. The van der Waals surface area contributed by atoms with Crippen LogP contribution in [0.15, 0.2) is 23.0 Å². The minimum absolute atomic E-state index is 0.272. The van der Waals surface area contributed by atoms with Gasteiger partial charge in [-0.2, -0.15) is 0 Å². The molecule has 2 aromatic rings. The van der Waals surface area contributed by atoms with Gasteiger partial charge in [0.1, 0.15) is 17.7 Å². The van der Waals surface area contributed by atoms with E-state index in [0.717, 1.165) is 50.0 Å². The number of oxazole rings is 1. The van der Waals surface area contributed by atoms with E-state index < -0.39 is 6.10 Å². The molecule has 0 aromatic carbocycles. The monoisotopic (exact) mass is 290 g/mol. The van der Waals surface area contributed by atoms with Crippen molar-refractivity contribution in [1.82, 2.24) is 19.4 Å². The first-order chi connectivity index (χ1) is 10.1. The van der Waals surface area contributed by atoms with E-state index in [1.807, 2.05) is 24.7 Å². The third kappa shape index (κ3) is 3.16. The Bertz CT molecular complexity index is 584. The number of nitrogens with zero attached hydrogens (tertiary/aromatic N) is 4. The van der Waals surface area contributed by atoms with E-state index in [4.69, 9.17) is 4.42 Å². The number of hydrogen-bond acceptors (Lipinski definition) is 5. The second kappa shape index (κ2) is 5.99. The lowest BCUT2D eigenvalue weighted by atomic mass is 9.91. The van der Waals surface area contributed by atoms with Gasteiger partial charge in [0.25, 0.3) is 0 Å². The molecular formula is C15H22N4O2. The number of aryl methyl sites for hydroxylation is 2. The van der Waals surface area contributed by atoms with Crippen LogP contribution in [0.25, 0.3) is 0 Å². The van der Waals surface area contributed by atoms with Crippen LogP contribution in [0.5, 0.6) is 0 Å². The molecule has 6 heteroatoms. The van der Waals surface area contributed by atoms with Gasteiger partial charge < -0.3 is 14.1 Å². The summed E-state index contributed by atoms with van der Waals surface area (Å²) in [6.07, 6.45) is 6.82. The number of aliphatic hydroxyl groups is 1. The average molecular weight is 290 g/mol. The lowest BCUT2D eigenvalue weighted by molar-refractivity contribution is 0.0470. The van der Waals surface area contributed by atoms with E-state index in [9.17, 15) is 5.11 Å². The Morgan fingerprint density at radius 3 is 2.71 bits per heavy atom. The maximum atomic E-state index is 10.5. The van der Waals surface area contributed by atoms with E-state index in [1.165, 1.54) is 0 Å². The maximum Gasteiger partial charge on any atom is 0.208 e. The Hall–Kier alpha value is -1.66. The topological polar surface area (TPSA) is 67.3 Å². The summed E-state index contributed by atoms with van der Waals surface area (Å²) in [5.74, 6) is 2.66. The van der Waals surface area contributed by atoms with Crippen molar-refractivity contribution >= 4 is 0 Å². The predicted molar refractivity (Wildman–Crippen MR) is 77.4 cm³/mol. The highest BCUT2D eigenvalue weighted by molar-refractivity contribution is 4.99. The number of aromatic nitrogens is 3. The van der Waals surface area contributed by atoms with Crippen LogP contribution in [0.3, 0.4) is 0 Å². The number of aliphatic hydroxyl groups excluding tert-OH is 1. The Morgan fingerprint density at radius 1 is 1.38 bits per heavy atom. The van der Waals surface area contributed by atoms with Gasteiger partial charge >= 0.3 is 0 Å². The van der Waals surface area contributed by atoms with Crippen LogP contribution >= 0.6 is 0 Å². The minimum atomic E-state index is -0.476. The Kier molecular flexibility index (Phi) is 4.07. The van der Waals surface area contributed by atoms with E-state index in [0.29, 0.717) is 0 Å². The number of likely N-dealkylation sites (tertiary alicyclic amines) is 1. The van der Waals surface area contributed by atoms with Gasteiger partial charge in [-0.1, -0.05) is 0 Å². The van der Waals surface area contributed by atoms with Crippen LogP contribution in [0.4, 0.5) is 0 Å². The van der Waals surface area contributed by atoms with Gasteiger partial charge in [0.2, 0.25) is 5.89 Å². The second-order valence-electron chi connectivity index (χ2n) is 5.82. The van der Waals surface area contributed by atoms with Crippen LogP contribution in [0.2, 0.25) is 0 Å². The van der Waals surface area contributed by atoms with Gasteiger partial charge in [0.15, 0.2) is 0 Å². The van der Waals surface area contributed by atoms with Crippen molar-refractivity contribution < 1.29 is 9.52 Å². The fourth-order valence-corrected chi connectivity index (χ4v) is 2.97. The molecule has 1 saturated heterocycles. The van der Waals surface area contributed by atoms with Crippen LogP contribution < -0.4 is 0 Å². The lowest BCUT2D eigenvalue weighted by Gasteiger charge is -2.33. The quantitative estimate of drug-likeness (QED) is 0.927. The van der Waals surface area contributed by atoms with Gasteiger partial charge in [-0.25, -0.2) is 9.97 Å². The molecule has 0 bridgehead atoms. The molecule has 2 aromatic heterocycles. The highest BCUT2D eigenvalue weighted by Gasteiger charge is 2.28. The zero-order valence-corrected chi connectivity index (χ0v) is 12.6. The Morgan fingerprint density at radius 2 is 2.14 bits per heavy atom. The van der Waals surface area contributed by atoms with Crippen LogP contribution in [0, 0.1) is 12.8 Å². The van der Waals surface area contributed by atoms with Crippen molar-refractivity contribution in [3.05, 3.63) is 36.1 Å². The summed E-state index contributed by atoms with van der Waals surface area (Å²) in [6.45, 7) is 4.56. The molecular weight excluding hydrogens is 268 g/mol. The molecule has 0 amide bonds. The normalized spacial score (nSPS) is 19.0. The van der Waals surface area contributed by atoms with E-state index in [1.54, 1.807) is 12.4 Å². The summed E-state index contributed by atoms with van der Waals surface area (Å²) in [4.78, 5) is 10.8. The third-order valence-corrected chi connectivity index (χ3v) is 4.23. The van der Waals surface area contributed by atoms with Gasteiger partial charge in [0.05, 0.1) is 12.7 Å². The Balaban J connectivity index is 1.54. The summed E-state index contributed by atoms with van der Waals surface area (Å²) >= 11 is 0. The lowest BCUT2D eigenvalue weighted by Crippen LogP contribution is -2.35. The first-order valence-corrected chi connectivity index (χ1v) is 7.42. The third-order valence-electron chi connectivity index (χ3n) is 4.23. The molecule has 1 aliphatic heterocycles. The second-order valence-corrected chi connectivity index (χ2v) is 5.82. The number of hydrogen-bond donors (Lipinski definition) is 1. The van der Waals surface area contributed by atoms with E-state index in [-0.39, 0.29) is 5.92 Å². The van der Waals surface area contributed by atoms with Gasteiger partial charge in [-0.3, -0.25) is 4.90 Å². The van der Waals surface area contributed by atoms with E-state index in [2.05, 4.69) is 14.9 Å². The largest absolute Gasteiger partial charge is 0.445 e. The molecule has 1 N–H and O–H groups in total. The summed E-state index contributed by atoms with van der Waals surface area (Å²) in [5.41, 5.74) is 0. The molecule has 21 heavy (non-hydrogen) atoms. The number of piperidine rings is 1. The van der Waals surface area contributed by atoms with Crippen molar-refractivity contribution in [3.8, 4) is 0 Å². The number of rotatable bonds is 4. The molecule has 1 atom stereocenters. The molecule has 114 valence electrons. The predicted octanol–water partition coefficient (Wildman–Crippen LogP) is 1.66.